The lowest BCUT2D eigenvalue weighted by molar-refractivity contribution is 0.403. The summed E-state index contributed by atoms with van der Waals surface area (Å²) >= 11 is 0. The van der Waals surface area contributed by atoms with Crippen molar-refractivity contribution in [2.75, 3.05) is 0 Å². The summed E-state index contributed by atoms with van der Waals surface area (Å²) in [6.07, 6.45) is 1.79. The summed E-state index contributed by atoms with van der Waals surface area (Å²) in [4.78, 5) is 0. The summed E-state index contributed by atoms with van der Waals surface area (Å²) in [6.45, 7) is 0. The van der Waals surface area contributed by atoms with Gasteiger partial charge in [0, 0.05) is 0 Å². The highest BCUT2D eigenvalue weighted by Crippen LogP contribution is 2.25. The molecule has 0 aliphatic carbocycles. The van der Waals surface area contributed by atoms with Crippen molar-refractivity contribution in [2.24, 2.45) is 0 Å². The zero-order valence-corrected chi connectivity index (χ0v) is 8.93. The molecule has 2 nitrogen and oxygen atoms in total. The molecule has 0 radical (unpaired) electrons. The van der Waals surface area contributed by atoms with Crippen molar-refractivity contribution in [3.05, 3.63) is 59.7 Å². The van der Waals surface area contributed by atoms with Gasteiger partial charge < -0.3 is 10.2 Å². The topological polar surface area (TPSA) is 40.5 Å². The highest BCUT2D eigenvalue weighted by Gasteiger charge is 2.00. The van der Waals surface area contributed by atoms with Gasteiger partial charge in [-0.2, -0.15) is 0 Å². The first-order valence-corrected chi connectivity index (χ1v) is 5.30. The third-order valence-corrected chi connectivity index (χ3v) is 2.59. The third-order valence-electron chi connectivity index (χ3n) is 2.59. The molecule has 0 aromatic heterocycles. The molecule has 2 rings (SSSR count). The Morgan fingerprint density at radius 1 is 0.688 bits per heavy atom. The molecule has 0 spiro atoms. The number of aromatic hydroxyl groups is 2. The highest BCUT2D eigenvalue weighted by molar-refractivity contribution is 5.40. The van der Waals surface area contributed by atoms with E-state index in [-0.39, 0.29) is 11.5 Å². The molecule has 82 valence electrons. The van der Waals surface area contributed by atoms with Crippen molar-refractivity contribution in [3.8, 4) is 11.5 Å². The van der Waals surface area contributed by atoms with Crippen LogP contribution < -0.4 is 0 Å². The molecule has 0 aliphatic heterocycles. The number of hydrogen-bond donors (Lipinski definition) is 2. The lowest BCUT2D eigenvalue weighted by Crippen LogP contribution is -1.90. The number of benzene rings is 2. The first-order chi connectivity index (χ1) is 7.75. The van der Waals surface area contributed by atoms with E-state index < -0.39 is 0 Å². The average Bonchev–Trinajstić information content (AvgIpc) is 2.32. The minimum atomic E-state index is -0.0662. The molecule has 0 bridgehead atoms. The second kappa shape index (κ2) is 4.71. The highest BCUT2D eigenvalue weighted by atomic mass is 16.3. The summed E-state index contributed by atoms with van der Waals surface area (Å²) in [7, 11) is 0. The third kappa shape index (κ3) is 2.54. The van der Waals surface area contributed by atoms with Crippen LogP contribution in [-0.2, 0) is 12.8 Å². The molecule has 0 aliphatic rings. The first kappa shape index (κ1) is 10.6. The number of aryl methyl sites for hydroxylation is 2. The van der Waals surface area contributed by atoms with Crippen molar-refractivity contribution >= 4 is 0 Å². The lowest BCUT2D eigenvalue weighted by atomic mass is 10.0. The molecule has 2 aromatic rings. The van der Waals surface area contributed by atoms with E-state index in [0.717, 1.165) is 18.4 Å². The number of rotatable bonds is 3. The molecule has 16 heavy (non-hydrogen) atoms. The minimum absolute atomic E-state index is 0.0504. The predicted molar refractivity (Wildman–Crippen MR) is 63.6 cm³/mol. The molecule has 0 saturated heterocycles. The van der Waals surface area contributed by atoms with Crippen LogP contribution in [0.5, 0.6) is 11.5 Å². The molecule has 0 unspecified atom stereocenters. The van der Waals surface area contributed by atoms with E-state index in [1.54, 1.807) is 6.07 Å². The van der Waals surface area contributed by atoms with Crippen LogP contribution in [0.2, 0.25) is 0 Å². The fraction of sp³-hybridized carbons (Fsp3) is 0.143. The van der Waals surface area contributed by atoms with Crippen LogP contribution >= 0.6 is 0 Å². The number of phenolic OH excluding ortho intramolecular Hbond substituents is 2. The van der Waals surface area contributed by atoms with Crippen molar-refractivity contribution in [1.82, 2.24) is 0 Å². The van der Waals surface area contributed by atoms with Crippen molar-refractivity contribution < 1.29 is 10.2 Å². The molecule has 2 N–H and O–H groups in total. The van der Waals surface area contributed by atoms with Gasteiger partial charge in [0.15, 0.2) is 11.5 Å². The van der Waals surface area contributed by atoms with Gasteiger partial charge in [0.25, 0.3) is 0 Å². The van der Waals surface area contributed by atoms with Gasteiger partial charge in [-0.3, -0.25) is 0 Å². The SMILES string of the molecule is Oc1ccc(CCc2ccccc2)cc1O. The Hall–Kier alpha value is -1.96. The summed E-state index contributed by atoms with van der Waals surface area (Å²) in [5, 5.41) is 18.5. The molecule has 0 amide bonds. The van der Waals surface area contributed by atoms with E-state index in [0.29, 0.717) is 0 Å². The molecule has 0 heterocycles. The maximum atomic E-state index is 9.35. The number of phenols is 2. The van der Waals surface area contributed by atoms with E-state index >= 15 is 0 Å². The molecule has 0 saturated carbocycles. The van der Waals surface area contributed by atoms with E-state index in [1.165, 1.54) is 11.6 Å². The second-order valence-electron chi connectivity index (χ2n) is 3.81. The van der Waals surface area contributed by atoms with Crippen LogP contribution in [0.1, 0.15) is 11.1 Å². The van der Waals surface area contributed by atoms with E-state index in [1.807, 2.05) is 24.3 Å². The lowest BCUT2D eigenvalue weighted by Gasteiger charge is -2.03. The van der Waals surface area contributed by atoms with Crippen molar-refractivity contribution in [3.63, 3.8) is 0 Å². The number of hydrogen-bond acceptors (Lipinski definition) is 2. The smallest absolute Gasteiger partial charge is 0.157 e. The van der Waals surface area contributed by atoms with Gasteiger partial charge in [-0.25, -0.2) is 0 Å². The molecule has 0 fully saturated rings. The van der Waals surface area contributed by atoms with E-state index in [2.05, 4.69) is 12.1 Å². The second-order valence-corrected chi connectivity index (χ2v) is 3.81. The quantitative estimate of drug-likeness (QED) is 0.771. The van der Waals surface area contributed by atoms with Crippen LogP contribution in [0.15, 0.2) is 48.5 Å². The largest absolute Gasteiger partial charge is 0.504 e. The van der Waals surface area contributed by atoms with E-state index in [9.17, 15) is 10.2 Å². The maximum Gasteiger partial charge on any atom is 0.157 e. The van der Waals surface area contributed by atoms with Crippen LogP contribution in [0.4, 0.5) is 0 Å². The van der Waals surface area contributed by atoms with Gasteiger partial charge in [-0.05, 0) is 36.1 Å². The van der Waals surface area contributed by atoms with Crippen LogP contribution in [0, 0.1) is 0 Å². The van der Waals surface area contributed by atoms with Gasteiger partial charge >= 0.3 is 0 Å². The molecular weight excluding hydrogens is 200 g/mol. The van der Waals surface area contributed by atoms with Gasteiger partial charge in [0.1, 0.15) is 0 Å². The zero-order chi connectivity index (χ0) is 11.4. The Kier molecular flexibility index (Phi) is 3.10. The Balaban J connectivity index is 2.03. The molecule has 0 atom stereocenters. The van der Waals surface area contributed by atoms with Crippen molar-refractivity contribution in [1.29, 1.82) is 0 Å². The van der Waals surface area contributed by atoms with Gasteiger partial charge in [-0.1, -0.05) is 36.4 Å². The summed E-state index contributed by atoms with van der Waals surface area (Å²) in [6, 6.07) is 15.2. The fourth-order valence-electron chi connectivity index (χ4n) is 1.66. The molecule has 2 heteroatoms. The first-order valence-electron chi connectivity index (χ1n) is 5.30. The van der Waals surface area contributed by atoms with Crippen molar-refractivity contribution in [2.45, 2.75) is 12.8 Å². The Bertz CT molecular complexity index is 463. The maximum absolute atomic E-state index is 9.35. The molecule has 2 aromatic carbocycles. The Morgan fingerprint density at radius 2 is 1.38 bits per heavy atom. The Labute approximate surface area is 94.8 Å². The predicted octanol–water partition coefficient (Wildman–Crippen LogP) is 2.88. The van der Waals surface area contributed by atoms with Gasteiger partial charge in [-0.15, -0.1) is 0 Å². The fourth-order valence-corrected chi connectivity index (χ4v) is 1.66. The van der Waals surface area contributed by atoms with Gasteiger partial charge in [0.2, 0.25) is 0 Å². The minimum Gasteiger partial charge on any atom is -0.504 e. The van der Waals surface area contributed by atoms with Crippen LogP contribution in [-0.4, -0.2) is 10.2 Å². The summed E-state index contributed by atoms with van der Waals surface area (Å²) in [5.41, 5.74) is 2.30. The standard InChI is InChI=1S/C14H14O2/c15-13-9-8-12(10-14(13)16)7-6-11-4-2-1-3-5-11/h1-5,8-10,15-16H,6-7H2. The Morgan fingerprint density at radius 3 is 2.06 bits per heavy atom. The molecular formula is C14H14O2. The van der Waals surface area contributed by atoms with Gasteiger partial charge in [0.05, 0.1) is 0 Å². The summed E-state index contributed by atoms with van der Waals surface area (Å²) < 4.78 is 0. The average molecular weight is 214 g/mol. The zero-order valence-electron chi connectivity index (χ0n) is 8.93. The summed E-state index contributed by atoms with van der Waals surface area (Å²) in [5.74, 6) is -0.117. The monoisotopic (exact) mass is 214 g/mol. The van der Waals surface area contributed by atoms with E-state index in [4.69, 9.17) is 0 Å². The van der Waals surface area contributed by atoms with Crippen LogP contribution in [0.3, 0.4) is 0 Å². The van der Waals surface area contributed by atoms with Crippen LogP contribution in [0.25, 0.3) is 0 Å². The normalized spacial score (nSPS) is 10.2.